The summed E-state index contributed by atoms with van der Waals surface area (Å²) >= 11 is 0. The summed E-state index contributed by atoms with van der Waals surface area (Å²) in [5.74, 6) is 1.94. The molecule has 1 aliphatic rings. The third kappa shape index (κ3) is 2.97. The van der Waals surface area contributed by atoms with Crippen LogP contribution in [0, 0.1) is 0 Å². The van der Waals surface area contributed by atoms with Gasteiger partial charge in [-0.1, -0.05) is 42.5 Å². The first-order valence-electron chi connectivity index (χ1n) is 11.5. The molecule has 4 heterocycles. The fourth-order valence-corrected chi connectivity index (χ4v) is 5.05. The molecule has 6 heteroatoms. The SMILES string of the molecule is Oc1ccccc1N1CN(c2ccc3c4ccccc4n(-c4ccccn4)c3c2)c2cccnc21. The van der Waals surface area contributed by atoms with Gasteiger partial charge in [-0.2, -0.15) is 0 Å². The third-order valence-electron chi connectivity index (χ3n) is 6.62. The van der Waals surface area contributed by atoms with Gasteiger partial charge in [-0.25, -0.2) is 9.97 Å². The normalized spacial score (nSPS) is 13.0. The summed E-state index contributed by atoms with van der Waals surface area (Å²) in [6.07, 6.45) is 3.61. The summed E-state index contributed by atoms with van der Waals surface area (Å²) in [4.78, 5) is 13.6. The molecule has 0 spiro atoms. The topological polar surface area (TPSA) is 57.4 Å². The highest BCUT2D eigenvalue weighted by molar-refractivity contribution is 6.10. The summed E-state index contributed by atoms with van der Waals surface area (Å²) in [7, 11) is 0. The molecule has 0 saturated carbocycles. The van der Waals surface area contributed by atoms with Crippen LogP contribution in [0.25, 0.3) is 27.6 Å². The first kappa shape index (κ1) is 19.6. The molecule has 6 nitrogen and oxygen atoms in total. The van der Waals surface area contributed by atoms with E-state index in [2.05, 4.69) is 68.0 Å². The average molecular weight is 456 g/mol. The number of hydrogen-bond acceptors (Lipinski definition) is 5. The van der Waals surface area contributed by atoms with Crippen molar-refractivity contribution in [1.29, 1.82) is 0 Å². The van der Waals surface area contributed by atoms with Crippen molar-refractivity contribution in [2.75, 3.05) is 16.5 Å². The van der Waals surface area contributed by atoms with Gasteiger partial charge in [0.05, 0.1) is 22.4 Å². The van der Waals surface area contributed by atoms with Gasteiger partial charge in [-0.15, -0.1) is 0 Å². The van der Waals surface area contributed by atoms with Crippen molar-refractivity contribution in [2.24, 2.45) is 0 Å². The molecule has 35 heavy (non-hydrogen) atoms. The summed E-state index contributed by atoms with van der Waals surface area (Å²) in [6.45, 7) is 0.541. The van der Waals surface area contributed by atoms with Gasteiger partial charge in [-0.05, 0) is 54.6 Å². The molecular formula is C29H21N5O. The largest absolute Gasteiger partial charge is 0.506 e. The summed E-state index contributed by atoms with van der Waals surface area (Å²) < 4.78 is 2.22. The van der Waals surface area contributed by atoms with E-state index in [1.54, 1.807) is 12.3 Å². The smallest absolute Gasteiger partial charge is 0.158 e. The lowest BCUT2D eigenvalue weighted by atomic mass is 10.1. The molecule has 0 aliphatic carbocycles. The lowest BCUT2D eigenvalue weighted by Crippen LogP contribution is -2.24. The molecule has 6 aromatic rings. The van der Waals surface area contributed by atoms with Crippen molar-refractivity contribution in [3.63, 3.8) is 0 Å². The maximum absolute atomic E-state index is 10.5. The van der Waals surface area contributed by atoms with E-state index in [0.29, 0.717) is 6.67 Å². The van der Waals surface area contributed by atoms with Crippen molar-refractivity contribution < 1.29 is 5.11 Å². The molecule has 0 amide bonds. The monoisotopic (exact) mass is 455 g/mol. The van der Waals surface area contributed by atoms with Gasteiger partial charge in [0.25, 0.3) is 0 Å². The molecule has 0 atom stereocenters. The summed E-state index contributed by atoms with van der Waals surface area (Å²) in [6, 6.07) is 32.4. The van der Waals surface area contributed by atoms with E-state index in [-0.39, 0.29) is 5.75 Å². The maximum atomic E-state index is 10.5. The lowest BCUT2D eigenvalue weighted by Gasteiger charge is -2.22. The van der Waals surface area contributed by atoms with Crippen LogP contribution in [0.1, 0.15) is 0 Å². The Morgan fingerprint density at radius 3 is 2.29 bits per heavy atom. The predicted octanol–water partition coefficient (Wildman–Crippen LogP) is 6.53. The molecule has 3 aromatic carbocycles. The molecule has 0 saturated heterocycles. The van der Waals surface area contributed by atoms with Crippen LogP contribution in [0.15, 0.2) is 109 Å². The van der Waals surface area contributed by atoms with Gasteiger partial charge in [0, 0.05) is 28.9 Å². The van der Waals surface area contributed by atoms with E-state index in [0.717, 1.165) is 39.7 Å². The van der Waals surface area contributed by atoms with Crippen molar-refractivity contribution in [1.82, 2.24) is 14.5 Å². The van der Waals surface area contributed by atoms with Gasteiger partial charge in [0.15, 0.2) is 5.82 Å². The second-order valence-electron chi connectivity index (χ2n) is 8.57. The van der Waals surface area contributed by atoms with E-state index in [1.165, 1.54) is 10.8 Å². The Morgan fingerprint density at radius 2 is 1.40 bits per heavy atom. The van der Waals surface area contributed by atoms with E-state index < -0.39 is 0 Å². The fraction of sp³-hybridized carbons (Fsp3) is 0.0345. The standard InChI is InChI=1S/C29H21N5O/c35-27-12-4-3-10-24(27)33-19-32(25-11-7-17-31-29(25)33)20-14-15-22-21-8-1-2-9-23(21)34(26(22)18-20)28-13-5-6-16-30-28/h1-18,35H,19H2. The highest BCUT2D eigenvalue weighted by Crippen LogP contribution is 2.45. The second-order valence-corrected chi connectivity index (χ2v) is 8.57. The minimum atomic E-state index is 0.233. The Bertz CT molecular complexity index is 1710. The molecular weight excluding hydrogens is 434 g/mol. The van der Waals surface area contributed by atoms with Gasteiger partial charge in [0.2, 0.25) is 0 Å². The quantitative estimate of drug-likeness (QED) is 0.329. The van der Waals surface area contributed by atoms with Crippen molar-refractivity contribution in [3.8, 4) is 11.6 Å². The van der Waals surface area contributed by atoms with Crippen LogP contribution >= 0.6 is 0 Å². The summed E-state index contributed by atoms with van der Waals surface area (Å²) in [5, 5.41) is 12.9. The zero-order chi connectivity index (χ0) is 23.4. The van der Waals surface area contributed by atoms with Crippen LogP contribution in [0.4, 0.5) is 22.9 Å². The molecule has 1 aliphatic heterocycles. The summed E-state index contributed by atoms with van der Waals surface area (Å²) in [5.41, 5.74) is 4.99. The number of fused-ring (bicyclic) bond motifs is 4. The van der Waals surface area contributed by atoms with Crippen LogP contribution < -0.4 is 9.80 Å². The fourth-order valence-electron chi connectivity index (χ4n) is 5.05. The average Bonchev–Trinajstić information content (AvgIpc) is 3.45. The number of para-hydroxylation sites is 3. The van der Waals surface area contributed by atoms with Gasteiger partial charge < -0.3 is 14.9 Å². The highest BCUT2D eigenvalue weighted by atomic mass is 16.3. The van der Waals surface area contributed by atoms with Crippen molar-refractivity contribution >= 4 is 44.7 Å². The molecule has 7 rings (SSSR count). The first-order chi connectivity index (χ1) is 17.3. The predicted molar refractivity (Wildman–Crippen MR) is 140 cm³/mol. The number of benzene rings is 3. The Labute approximate surface area is 201 Å². The third-order valence-corrected chi connectivity index (χ3v) is 6.62. The van der Waals surface area contributed by atoms with E-state index in [9.17, 15) is 5.11 Å². The number of phenolic OH excluding ortho intramolecular Hbond substituents is 1. The van der Waals surface area contributed by atoms with Crippen LogP contribution in [-0.4, -0.2) is 26.3 Å². The molecule has 0 radical (unpaired) electrons. The number of nitrogens with zero attached hydrogens (tertiary/aromatic N) is 5. The Morgan fingerprint density at radius 1 is 0.629 bits per heavy atom. The number of aromatic nitrogens is 3. The second kappa shape index (κ2) is 7.60. The first-order valence-corrected chi connectivity index (χ1v) is 11.5. The number of pyridine rings is 2. The Kier molecular flexibility index (Phi) is 4.26. The van der Waals surface area contributed by atoms with Crippen molar-refractivity contribution in [3.05, 3.63) is 109 Å². The van der Waals surface area contributed by atoms with Gasteiger partial charge >= 0.3 is 0 Å². The minimum Gasteiger partial charge on any atom is -0.506 e. The van der Waals surface area contributed by atoms with Crippen molar-refractivity contribution in [2.45, 2.75) is 0 Å². The van der Waals surface area contributed by atoms with Gasteiger partial charge in [0.1, 0.15) is 18.2 Å². The van der Waals surface area contributed by atoms with Crippen LogP contribution in [-0.2, 0) is 0 Å². The molecule has 168 valence electrons. The molecule has 0 unspecified atom stereocenters. The minimum absolute atomic E-state index is 0.233. The Hall–Kier alpha value is -4.84. The Balaban J connectivity index is 1.43. The highest BCUT2D eigenvalue weighted by Gasteiger charge is 2.30. The van der Waals surface area contributed by atoms with Gasteiger partial charge in [-0.3, -0.25) is 4.57 Å². The molecule has 1 N–H and O–H groups in total. The molecule has 0 bridgehead atoms. The van der Waals surface area contributed by atoms with Crippen LogP contribution in [0.2, 0.25) is 0 Å². The van der Waals surface area contributed by atoms with E-state index in [4.69, 9.17) is 0 Å². The maximum Gasteiger partial charge on any atom is 0.158 e. The molecule has 0 fully saturated rings. The number of anilines is 4. The zero-order valence-corrected chi connectivity index (χ0v) is 18.8. The van der Waals surface area contributed by atoms with Crippen LogP contribution in [0.5, 0.6) is 5.75 Å². The number of rotatable bonds is 3. The lowest BCUT2D eigenvalue weighted by molar-refractivity contribution is 0.475. The number of aromatic hydroxyl groups is 1. The zero-order valence-electron chi connectivity index (χ0n) is 18.8. The number of phenols is 1. The van der Waals surface area contributed by atoms with E-state index >= 15 is 0 Å². The van der Waals surface area contributed by atoms with Crippen LogP contribution in [0.3, 0.4) is 0 Å². The van der Waals surface area contributed by atoms with E-state index in [1.807, 2.05) is 53.6 Å². The number of hydrogen-bond donors (Lipinski definition) is 1. The molecule has 3 aromatic heterocycles.